The zero-order chi connectivity index (χ0) is 18.6. The third-order valence-corrected chi connectivity index (χ3v) is 6.61. The van der Waals surface area contributed by atoms with E-state index in [1.54, 1.807) is 6.92 Å². The third-order valence-electron chi connectivity index (χ3n) is 6.61. The van der Waals surface area contributed by atoms with Gasteiger partial charge in [-0.05, 0) is 70.0 Å². The van der Waals surface area contributed by atoms with Crippen LogP contribution in [0.5, 0.6) is 0 Å². The zero-order valence-electron chi connectivity index (χ0n) is 16.6. The SMILES string of the molecule is CC(=O)N1CCCC[C@H]1C1CCN(Cc2ccnc(N3CCCC3)n2)CC1. The minimum absolute atomic E-state index is 0.262. The number of likely N-dealkylation sites (tertiary alicyclic amines) is 2. The fraction of sp³-hybridized carbons (Fsp3) is 0.762. The van der Waals surface area contributed by atoms with Gasteiger partial charge in [0.15, 0.2) is 0 Å². The van der Waals surface area contributed by atoms with Gasteiger partial charge < -0.3 is 9.80 Å². The van der Waals surface area contributed by atoms with Crippen molar-refractivity contribution in [3.8, 4) is 0 Å². The van der Waals surface area contributed by atoms with Crippen molar-refractivity contribution in [3.63, 3.8) is 0 Å². The lowest BCUT2D eigenvalue weighted by molar-refractivity contribution is -0.134. The van der Waals surface area contributed by atoms with Crippen LogP contribution in [0.1, 0.15) is 57.6 Å². The van der Waals surface area contributed by atoms with Crippen molar-refractivity contribution < 1.29 is 4.79 Å². The van der Waals surface area contributed by atoms with Gasteiger partial charge in [-0.1, -0.05) is 0 Å². The van der Waals surface area contributed by atoms with Crippen LogP contribution in [0.3, 0.4) is 0 Å². The Morgan fingerprint density at radius 1 is 1.04 bits per heavy atom. The maximum Gasteiger partial charge on any atom is 0.225 e. The Hall–Kier alpha value is -1.69. The van der Waals surface area contributed by atoms with Gasteiger partial charge in [-0.25, -0.2) is 9.97 Å². The lowest BCUT2D eigenvalue weighted by Crippen LogP contribution is -2.49. The molecule has 4 rings (SSSR count). The van der Waals surface area contributed by atoms with Crippen molar-refractivity contribution in [2.75, 3.05) is 37.6 Å². The van der Waals surface area contributed by atoms with Crippen LogP contribution in [0.15, 0.2) is 12.3 Å². The van der Waals surface area contributed by atoms with E-state index in [9.17, 15) is 4.79 Å². The molecule has 1 atom stereocenters. The topological polar surface area (TPSA) is 52.6 Å². The molecule has 3 saturated heterocycles. The molecule has 3 fully saturated rings. The molecule has 0 spiro atoms. The van der Waals surface area contributed by atoms with Gasteiger partial charge in [-0.2, -0.15) is 0 Å². The Bertz CT molecular complexity index is 637. The first-order valence-electron chi connectivity index (χ1n) is 10.8. The van der Waals surface area contributed by atoms with E-state index in [1.807, 2.05) is 6.20 Å². The largest absolute Gasteiger partial charge is 0.341 e. The van der Waals surface area contributed by atoms with Crippen LogP contribution >= 0.6 is 0 Å². The second-order valence-electron chi connectivity index (χ2n) is 8.43. The summed E-state index contributed by atoms with van der Waals surface area (Å²) in [5, 5.41) is 0. The van der Waals surface area contributed by atoms with Gasteiger partial charge in [-0.3, -0.25) is 9.69 Å². The van der Waals surface area contributed by atoms with E-state index in [4.69, 9.17) is 4.98 Å². The number of rotatable bonds is 4. The highest BCUT2D eigenvalue weighted by Crippen LogP contribution is 2.31. The first-order valence-corrected chi connectivity index (χ1v) is 10.8. The van der Waals surface area contributed by atoms with Crippen LogP contribution in [0.4, 0.5) is 5.95 Å². The molecule has 0 unspecified atom stereocenters. The van der Waals surface area contributed by atoms with Crippen LogP contribution in [0.2, 0.25) is 0 Å². The number of nitrogens with zero attached hydrogens (tertiary/aromatic N) is 5. The molecule has 1 aromatic rings. The van der Waals surface area contributed by atoms with E-state index in [0.717, 1.165) is 50.9 Å². The molecule has 148 valence electrons. The van der Waals surface area contributed by atoms with Gasteiger partial charge >= 0.3 is 0 Å². The average molecular weight is 372 g/mol. The smallest absolute Gasteiger partial charge is 0.225 e. The number of hydrogen-bond donors (Lipinski definition) is 0. The maximum atomic E-state index is 12.0. The van der Waals surface area contributed by atoms with E-state index in [0.29, 0.717) is 12.0 Å². The van der Waals surface area contributed by atoms with Gasteiger partial charge in [0.05, 0.1) is 5.69 Å². The predicted molar refractivity (Wildman–Crippen MR) is 107 cm³/mol. The first-order chi connectivity index (χ1) is 13.2. The molecule has 1 amide bonds. The molecule has 0 bridgehead atoms. The lowest BCUT2D eigenvalue weighted by Gasteiger charge is -2.43. The molecule has 4 heterocycles. The highest BCUT2D eigenvalue weighted by Gasteiger charge is 2.33. The van der Waals surface area contributed by atoms with E-state index < -0.39 is 0 Å². The quantitative estimate of drug-likeness (QED) is 0.814. The van der Waals surface area contributed by atoms with Crippen molar-refractivity contribution >= 4 is 11.9 Å². The molecule has 0 aromatic carbocycles. The molecule has 0 radical (unpaired) electrons. The highest BCUT2D eigenvalue weighted by atomic mass is 16.2. The zero-order valence-corrected chi connectivity index (χ0v) is 16.6. The molecule has 6 nitrogen and oxygen atoms in total. The number of aromatic nitrogens is 2. The number of amides is 1. The van der Waals surface area contributed by atoms with Crippen LogP contribution < -0.4 is 4.90 Å². The summed E-state index contributed by atoms with van der Waals surface area (Å²) in [6.07, 6.45) is 10.4. The summed E-state index contributed by atoms with van der Waals surface area (Å²) in [7, 11) is 0. The second-order valence-corrected chi connectivity index (χ2v) is 8.43. The van der Waals surface area contributed by atoms with E-state index in [-0.39, 0.29) is 5.91 Å². The Morgan fingerprint density at radius 2 is 1.78 bits per heavy atom. The van der Waals surface area contributed by atoms with E-state index in [1.165, 1.54) is 44.9 Å². The number of anilines is 1. The molecule has 27 heavy (non-hydrogen) atoms. The van der Waals surface area contributed by atoms with Crippen molar-refractivity contribution in [1.29, 1.82) is 0 Å². The first kappa shape index (κ1) is 18.7. The average Bonchev–Trinajstić information content (AvgIpc) is 3.24. The molecule has 0 aliphatic carbocycles. The van der Waals surface area contributed by atoms with Crippen molar-refractivity contribution in [2.45, 2.75) is 64.5 Å². The molecular formula is C21H33N5O. The van der Waals surface area contributed by atoms with Crippen molar-refractivity contribution in [3.05, 3.63) is 18.0 Å². The Morgan fingerprint density at radius 3 is 2.52 bits per heavy atom. The van der Waals surface area contributed by atoms with E-state index in [2.05, 4.69) is 25.8 Å². The number of carbonyl (C=O) groups excluding carboxylic acids is 1. The van der Waals surface area contributed by atoms with Gasteiger partial charge in [-0.15, -0.1) is 0 Å². The minimum atomic E-state index is 0.262. The van der Waals surface area contributed by atoms with Gasteiger partial charge in [0.2, 0.25) is 11.9 Å². The van der Waals surface area contributed by atoms with Crippen LogP contribution in [-0.4, -0.2) is 64.4 Å². The summed E-state index contributed by atoms with van der Waals surface area (Å²) < 4.78 is 0. The van der Waals surface area contributed by atoms with Gasteiger partial charge in [0, 0.05) is 45.3 Å². The van der Waals surface area contributed by atoms with Crippen LogP contribution in [0.25, 0.3) is 0 Å². The predicted octanol–water partition coefficient (Wildman–Crippen LogP) is 2.69. The fourth-order valence-electron chi connectivity index (χ4n) is 5.11. The number of carbonyl (C=O) groups is 1. The summed E-state index contributed by atoms with van der Waals surface area (Å²) in [5.74, 6) is 1.83. The minimum Gasteiger partial charge on any atom is -0.341 e. The molecule has 0 N–H and O–H groups in total. The molecule has 0 saturated carbocycles. The fourth-order valence-corrected chi connectivity index (χ4v) is 5.11. The third kappa shape index (κ3) is 4.42. The summed E-state index contributed by atoms with van der Waals surface area (Å²) in [6, 6.07) is 2.53. The van der Waals surface area contributed by atoms with Crippen LogP contribution in [0, 0.1) is 5.92 Å². The lowest BCUT2D eigenvalue weighted by atomic mass is 9.83. The number of piperidine rings is 2. The standard InChI is InChI=1S/C21H33N5O/c1-17(27)26-13-3-2-6-20(26)18-8-14-24(15-9-18)16-19-7-10-22-21(23-19)25-11-4-5-12-25/h7,10,18,20H,2-6,8-9,11-16H2,1H3/t20-/m0/s1. The summed E-state index contributed by atoms with van der Waals surface area (Å²) in [5.41, 5.74) is 1.13. The maximum absolute atomic E-state index is 12.0. The van der Waals surface area contributed by atoms with E-state index >= 15 is 0 Å². The summed E-state index contributed by atoms with van der Waals surface area (Å²) >= 11 is 0. The summed E-state index contributed by atoms with van der Waals surface area (Å²) in [4.78, 5) is 28.3. The van der Waals surface area contributed by atoms with Gasteiger partial charge in [0.1, 0.15) is 0 Å². The van der Waals surface area contributed by atoms with Crippen molar-refractivity contribution in [1.82, 2.24) is 19.8 Å². The Labute approximate surface area is 162 Å². The summed E-state index contributed by atoms with van der Waals surface area (Å²) in [6.45, 7) is 8.00. The van der Waals surface area contributed by atoms with Gasteiger partial charge in [0.25, 0.3) is 0 Å². The highest BCUT2D eigenvalue weighted by molar-refractivity contribution is 5.73. The van der Waals surface area contributed by atoms with Crippen LogP contribution in [-0.2, 0) is 11.3 Å². The normalized spacial score (nSPS) is 25.1. The second kappa shape index (κ2) is 8.55. The Kier molecular flexibility index (Phi) is 5.91. The molecular weight excluding hydrogens is 338 g/mol. The Balaban J connectivity index is 1.32. The number of hydrogen-bond acceptors (Lipinski definition) is 5. The van der Waals surface area contributed by atoms with Crippen molar-refractivity contribution in [2.24, 2.45) is 5.92 Å². The molecule has 1 aromatic heterocycles. The molecule has 6 heteroatoms. The molecule has 3 aliphatic rings. The molecule has 3 aliphatic heterocycles. The monoisotopic (exact) mass is 371 g/mol.